The van der Waals surface area contributed by atoms with Gasteiger partial charge in [-0.2, -0.15) is 0 Å². The van der Waals surface area contributed by atoms with Gasteiger partial charge in [0.2, 0.25) is 10.0 Å². The molecule has 112 valence electrons. The first-order chi connectivity index (χ1) is 9.50. The fraction of sp³-hybridized carbons (Fsp3) is 0.643. The van der Waals surface area contributed by atoms with E-state index in [1.54, 1.807) is 12.3 Å². The van der Waals surface area contributed by atoms with Crippen molar-refractivity contribution in [3.8, 4) is 0 Å². The van der Waals surface area contributed by atoms with Gasteiger partial charge in [-0.05, 0) is 37.3 Å². The normalized spacial score (nSPS) is 19.9. The summed E-state index contributed by atoms with van der Waals surface area (Å²) < 4.78 is 25.9. The van der Waals surface area contributed by atoms with E-state index in [1.807, 2.05) is 13.0 Å². The summed E-state index contributed by atoms with van der Waals surface area (Å²) in [5, 5.41) is 0. The second-order valence-corrected chi connectivity index (χ2v) is 7.36. The molecule has 1 saturated heterocycles. The number of piperidine rings is 1. The minimum absolute atomic E-state index is 0.137. The Hall–Kier alpha value is -1.30. The van der Waals surface area contributed by atoms with Gasteiger partial charge >= 0.3 is 0 Å². The van der Waals surface area contributed by atoms with Crippen molar-refractivity contribution in [1.29, 1.82) is 0 Å². The zero-order chi connectivity index (χ0) is 14.6. The van der Waals surface area contributed by atoms with E-state index in [4.69, 9.17) is 0 Å². The van der Waals surface area contributed by atoms with Gasteiger partial charge in [0, 0.05) is 13.1 Å². The van der Waals surface area contributed by atoms with E-state index in [0.29, 0.717) is 18.0 Å². The second kappa shape index (κ2) is 6.43. The lowest BCUT2D eigenvalue weighted by atomic mass is 10.0. The standard InChI is InChI=1S/C14H23N3O2S/c1-3-9-20(18,19)16-13-6-7-14(15-10-13)17-8-4-5-12(2)11-17/h6-7,10,12,16H,3-5,8-9,11H2,1-2H3. The third-order valence-electron chi connectivity index (χ3n) is 3.48. The molecule has 1 N–H and O–H groups in total. The summed E-state index contributed by atoms with van der Waals surface area (Å²) in [4.78, 5) is 6.64. The number of hydrogen-bond acceptors (Lipinski definition) is 4. The zero-order valence-corrected chi connectivity index (χ0v) is 13.0. The Labute approximate surface area is 121 Å². The number of anilines is 2. The Bertz CT molecular complexity index is 528. The molecule has 0 spiro atoms. The first kappa shape index (κ1) is 15.1. The highest BCUT2D eigenvalue weighted by molar-refractivity contribution is 7.92. The summed E-state index contributed by atoms with van der Waals surface area (Å²) in [5.74, 6) is 1.75. The predicted octanol–water partition coefficient (Wildman–Crippen LogP) is 2.47. The number of aromatic nitrogens is 1. The van der Waals surface area contributed by atoms with Gasteiger partial charge in [0.1, 0.15) is 5.82 Å². The molecule has 0 aromatic carbocycles. The molecule has 2 rings (SSSR count). The minimum atomic E-state index is -3.23. The highest BCUT2D eigenvalue weighted by Gasteiger charge is 2.17. The molecule has 1 fully saturated rings. The van der Waals surface area contributed by atoms with E-state index in [0.717, 1.165) is 18.9 Å². The first-order valence-corrected chi connectivity index (χ1v) is 8.87. The Morgan fingerprint density at radius 3 is 2.85 bits per heavy atom. The Kier molecular flexibility index (Phi) is 4.86. The minimum Gasteiger partial charge on any atom is -0.356 e. The van der Waals surface area contributed by atoms with E-state index in [2.05, 4.69) is 21.5 Å². The van der Waals surface area contributed by atoms with E-state index < -0.39 is 10.0 Å². The molecule has 1 aliphatic rings. The van der Waals surface area contributed by atoms with Crippen molar-refractivity contribution in [3.05, 3.63) is 18.3 Å². The van der Waals surface area contributed by atoms with Gasteiger partial charge in [-0.15, -0.1) is 0 Å². The summed E-state index contributed by atoms with van der Waals surface area (Å²) in [5.41, 5.74) is 0.534. The molecule has 1 aromatic heterocycles. The van der Waals surface area contributed by atoms with Crippen molar-refractivity contribution in [2.24, 2.45) is 5.92 Å². The molecule has 6 heteroatoms. The van der Waals surface area contributed by atoms with Crippen LogP contribution in [-0.4, -0.2) is 32.2 Å². The van der Waals surface area contributed by atoms with Crippen LogP contribution in [0.4, 0.5) is 11.5 Å². The number of nitrogens with one attached hydrogen (secondary N) is 1. The lowest BCUT2D eigenvalue weighted by molar-refractivity contribution is 0.444. The summed E-state index contributed by atoms with van der Waals surface area (Å²) in [7, 11) is -3.23. The largest absolute Gasteiger partial charge is 0.356 e. The number of nitrogens with zero attached hydrogens (tertiary/aromatic N) is 2. The Morgan fingerprint density at radius 1 is 1.45 bits per heavy atom. The summed E-state index contributed by atoms with van der Waals surface area (Å²) in [6.45, 7) is 6.14. The van der Waals surface area contributed by atoms with Crippen molar-refractivity contribution >= 4 is 21.5 Å². The van der Waals surface area contributed by atoms with E-state index >= 15 is 0 Å². The third-order valence-corrected chi connectivity index (χ3v) is 4.97. The molecular formula is C14H23N3O2S. The maximum Gasteiger partial charge on any atom is 0.232 e. The smallest absolute Gasteiger partial charge is 0.232 e. The zero-order valence-electron chi connectivity index (χ0n) is 12.2. The highest BCUT2D eigenvalue weighted by atomic mass is 32.2. The molecule has 1 atom stereocenters. The molecule has 5 nitrogen and oxygen atoms in total. The summed E-state index contributed by atoms with van der Waals surface area (Å²) in [6.07, 6.45) is 4.66. The lowest BCUT2D eigenvalue weighted by Crippen LogP contribution is -2.34. The van der Waals surface area contributed by atoms with Crippen LogP contribution in [0.2, 0.25) is 0 Å². The van der Waals surface area contributed by atoms with E-state index in [-0.39, 0.29) is 5.75 Å². The fourth-order valence-corrected chi connectivity index (χ4v) is 3.65. The van der Waals surface area contributed by atoms with Crippen LogP contribution in [0.1, 0.15) is 33.1 Å². The number of sulfonamides is 1. The van der Waals surface area contributed by atoms with Crippen LogP contribution < -0.4 is 9.62 Å². The van der Waals surface area contributed by atoms with Crippen molar-refractivity contribution in [3.63, 3.8) is 0 Å². The molecule has 2 heterocycles. The molecule has 0 radical (unpaired) electrons. The number of pyridine rings is 1. The van der Waals surface area contributed by atoms with Crippen molar-refractivity contribution in [1.82, 2.24) is 4.98 Å². The maximum absolute atomic E-state index is 11.7. The molecule has 1 aromatic rings. The topological polar surface area (TPSA) is 62.3 Å². The Balaban J connectivity index is 2.03. The van der Waals surface area contributed by atoms with Crippen LogP contribution in [0.3, 0.4) is 0 Å². The van der Waals surface area contributed by atoms with Crippen LogP contribution >= 0.6 is 0 Å². The first-order valence-electron chi connectivity index (χ1n) is 7.21. The summed E-state index contributed by atoms with van der Waals surface area (Å²) in [6, 6.07) is 3.68. The van der Waals surface area contributed by atoms with Gasteiger partial charge in [0.25, 0.3) is 0 Å². The molecule has 0 bridgehead atoms. The molecular weight excluding hydrogens is 274 g/mol. The molecule has 1 unspecified atom stereocenters. The third kappa shape index (κ3) is 4.10. The number of hydrogen-bond donors (Lipinski definition) is 1. The SMILES string of the molecule is CCCS(=O)(=O)Nc1ccc(N2CCCC(C)C2)nc1. The van der Waals surface area contributed by atoms with E-state index in [9.17, 15) is 8.42 Å². The number of rotatable bonds is 5. The van der Waals surface area contributed by atoms with Crippen molar-refractivity contribution < 1.29 is 8.42 Å². The quantitative estimate of drug-likeness (QED) is 0.907. The van der Waals surface area contributed by atoms with Gasteiger partial charge in [0.05, 0.1) is 17.6 Å². The molecule has 1 aliphatic heterocycles. The molecule has 20 heavy (non-hydrogen) atoms. The van der Waals surface area contributed by atoms with Gasteiger partial charge in [-0.25, -0.2) is 13.4 Å². The average Bonchev–Trinajstić information content (AvgIpc) is 2.39. The van der Waals surface area contributed by atoms with E-state index in [1.165, 1.54) is 12.8 Å². The average molecular weight is 297 g/mol. The maximum atomic E-state index is 11.7. The lowest BCUT2D eigenvalue weighted by Gasteiger charge is -2.31. The highest BCUT2D eigenvalue weighted by Crippen LogP contribution is 2.22. The van der Waals surface area contributed by atoms with Crippen LogP contribution in [0.25, 0.3) is 0 Å². The van der Waals surface area contributed by atoms with Crippen LogP contribution in [-0.2, 0) is 10.0 Å². The second-order valence-electron chi connectivity index (χ2n) is 5.52. The van der Waals surface area contributed by atoms with Gasteiger partial charge in [-0.3, -0.25) is 4.72 Å². The van der Waals surface area contributed by atoms with Crippen molar-refractivity contribution in [2.75, 3.05) is 28.5 Å². The molecule has 0 saturated carbocycles. The Morgan fingerprint density at radius 2 is 2.25 bits per heavy atom. The van der Waals surface area contributed by atoms with Gasteiger partial charge in [0.15, 0.2) is 0 Å². The van der Waals surface area contributed by atoms with Crippen molar-refractivity contribution in [2.45, 2.75) is 33.1 Å². The van der Waals surface area contributed by atoms with Gasteiger partial charge < -0.3 is 4.90 Å². The van der Waals surface area contributed by atoms with Crippen LogP contribution in [0, 0.1) is 5.92 Å². The summed E-state index contributed by atoms with van der Waals surface area (Å²) >= 11 is 0. The van der Waals surface area contributed by atoms with Gasteiger partial charge in [-0.1, -0.05) is 13.8 Å². The molecule has 0 aliphatic carbocycles. The van der Waals surface area contributed by atoms with Crippen LogP contribution in [0.15, 0.2) is 18.3 Å². The molecule has 0 amide bonds. The predicted molar refractivity (Wildman–Crippen MR) is 82.5 cm³/mol. The fourth-order valence-electron chi connectivity index (χ4n) is 2.53. The monoisotopic (exact) mass is 297 g/mol. The van der Waals surface area contributed by atoms with Crippen LogP contribution in [0.5, 0.6) is 0 Å².